The minimum Gasteiger partial charge on any atom is -0.444 e. The van der Waals surface area contributed by atoms with Crippen molar-refractivity contribution in [2.24, 2.45) is 7.05 Å². The van der Waals surface area contributed by atoms with Crippen molar-refractivity contribution in [1.82, 2.24) is 25.1 Å². The van der Waals surface area contributed by atoms with Crippen LogP contribution in [0, 0.1) is 11.6 Å². The molecule has 0 fully saturated rings. The molecule has 1 amide bonds. The van der Waals surface area contributed by atoms with Crippen LogP contribution in [0.3, 0.4) is 0 Å². The van der Waals surface area contributed by atoms with Gasteiger partial charge < -0.3 is 15.0 Å². The number of pyridine rings is 2. The van der Waals surface area contributed by atoms with Gasteiger partial charge in [0, 0.05) is 30.3 Å². The van der Waals surface area contributed by atoms with Crippen LogP contribution >= 0.6 is 11.6 Å². The zero-order chi connectivity index (χ0) is 32.8. The number of anilines is 1. The number of nitrogens with zero attached hydrogens (tertiary/aromatic N) is 3. The Morgan fingerprint density at radius 3 is 2.42 bits per heavy atom. The van der Waals surface area contributed by atoms with Crippen molar-refractivity contribution < 1.29 is 26.7 Å². The zero-order valence-corrected chi connectivity index (χ0v) is 26.4. The van der Waals surface area contributed by atoms with Crippen molar-refractivity contribution in [1.29, 1.82) is 0 Å². The van der Waals surface area contributed by atoms with Gasteiger partial charge in [0.2, 0.25) is 15.6 Å². The number of hydrogen-bond acceptors (Lipinski definition) is 7. The summed E-state index contributed by atoms with van der Waals surface area (Å²) in [5.41, 5.74) is 1.21. The molecular formula is C30H29ClF2N6O5S. The van der Waals surface area contributed by atoms with Gasteiger partial charge in [0.05, 0.1) is 45.0 Å². The Balaban J connectivity index is 1.80. The predicted molar refractivity (Wildman–Crippen MR) is 168 cm³/mol. The van der Waals surface area contributed by atoms with Crippen molar-refractivity contribution >= 4 is 55.5 Å². The fraction of sp³-hybridized carbons (Fsp3) is 0.267. The van der Waals surface area contributed by atoms with Crippen molar-refractivity contribution in [2.75, 3.05) is 11.0 Å². The topological polar surface area (TPSA) is 148 Å². The third-order valence-corrected chi connectivity index (χ3v) is 7.50. The molecule has 45 heavy (non-hydrogen) atoms. The summed E-state index contributed by atoms with van der Waals surface area (Å²) in [6, 6.07) is 9.68. The molecule has 0 saturated carbocycles. The molecule has 11 nitrogen and oxygen atoms in total. The van der Waals surface area contributed by atoms with E-state index in [0.29, 0.717) is 33.1 Å². The summed E-state index contributed by atoms with van der Waals surface area (Å²) in [7, 11) is -2.14. The lowest BCUT2D eigenvalue weighted by Gasteiger charge is -2.25. The second-order valence-corrected chi connectivity index (χ2v) is 13.7. The van der Waals surface area contributed by atoms with E-state index in [1.165, 1.54) is 16.8 Å². The summed E-state index contributed by atoms with van der Waals surface area (Å²) in [4.78, 5) is 32.9. The van der Waals surface area contributed by atoms with Crippen LogP contribution in [0.2, 0.25) is 5.02 Å². The number of ether oxygens (including phenoxy) is 1. The number of H-pyrrole nitrogens is 1. The van der Waals surface area contributed by atoms with E-state index in [-0.39, 0.29) is 34.1 Å². The molecule has 0 aliphatic rings. The molecule has 2 aromatic carbocycles. The molecule has 0 aliphatic carbocycles. The lowest BCUT2D eigenvalue weighted by atomic mass is 9.93. The van der Waals surface area contributed by atoms with Crippen LogP contribution in [-0.4, -0.2) is 46.1 Å². The fourth-order valence-corrected chi connectivity index (χ4v) is 5.79. The van der Waals surface area contributed by atoms with Gasteiger partial charge in [0.1, 0.15) is 17.2 Å². The lowest BCUT2D eigenvalue weighted by Crippen LogP contribution is -2.36. The average Bonchev–Trinajstić information content (AvgIpc) is 3.21. The van der Waals surface area contributed by atoms with E-state index in [2.05, 4.69) is 20.1 Å². The van der Waals surface area contributed by atoms with Crippen molar-refractivity contribution in [3.63, 3.8) is 0 Å². The fourth-order valence-electron chi connectivity index (χ4n) is 5.05. The minimum atomic E-state index is -3.73. The first-order valence-electron chi connectivity index (χ1n) is 13.6. The highest BCUT2D eigenvalue weighted by Crippen LogP contribution is 2.40. The van der Waals surface area contributed by atoms with Gasteiger partial charge >= 0.3 is 6.09 Å². The monoisotopic (exact) mass is 658 g/mol. The standard InChI is InChI=1S/C30H29ClF2N6O5S/c1-30(2,3)44-29(41)36-23(12-15-10-16(32)13-17(33)11-15)26-19(14-22-21(35-26)8-9-24(40)34-22)18-6-7-20(31)25-27(18)39(4)37-28(25)38-45(5,42)43/h6-11,13-14,23H,12H2,1-5H3,(H,34,40)(H,36,41)(H,37,38). The normalized spacial score (nSPS) is 12.8. The van der Waals surface area contributed by atoms with Gasteiger partial charge in [-0.05, 0) is 63.1 Å². The van der Waals surface area contributed by atoms with E-state index < -0.39 is 39.4 Å². The van der Waals surface area contributed by atoms with Gasteiger partial charge in [-0.2, -0.15) is 5.10 Å². The Labute approximate surface area is 261 Å². The summed E-state index contributed by atoms with van der Waals surface area (Å²) in [6.07, 6.45) is 0.0705. The molecule has 0 spiro atoms. The van der Waals surface area contributed by atoms with Crippen LogP contribution in [-0.2, 0) is 28.2 Å². The number of benzene rings is 2. The number of aromatic amines is 1. The Bertz CT molecular complexity index is 2120. The quantitative estimate of drug-likeness (QED) is 0.207. The molecule has 1 atom stereocenters. The van der Waals surface area contributed by atoms with Gasteiger partial charge in [0.15, 0.2) is 5.82 Å². The number of aromatic nitrogens is 4. The Morgan fingerprint density at radius 1 is 1.09 bits per heavy atom. The van der Waals surface area contributed by atoms with Crippen LogP contribution in [0.5, 0.6) is 0 Å². The Hall–Kier alpha value is -4.56. The molecule has 0 radical (unpaired) electrons. The van der Waals surface area contributed by atoms with E-state index in [1.54, 1.807) is 46.0 Å². The molecule has 0 bridgehead atoms. The number of halogens is 3. The number of hydrogen-bond donors (Lipinski definition) is 3. The number of aryl methyl sites for hydroxylation is 1. The third kappa shape index (κ3) is 7.23. The van der Waals surface area contributed by atoms with E-state index in [4.69, 9.17) is 21.3 Å². The van der Waals surface area contributed by atoms with Gasteiger partial charge in [-0.1, -0.05) is 17.7 Å². The molecule has 3 aromatic heterocycles. The van der Waals surface area contributed by atoms with Gasteiger partial charge in [-0.15, -0.1) is 0 Å². The molecule has 0 saturated heterocycles. The van der Waals surface area contributed by atoms with E-state index in [0.717, 1.165) is 24.5 Å². The number of carbonyl (C=O) groups is 1. The highest BCUT2D eigenvalue weighted by Gasteiger charge is 2.28. The molecule has 5 aromatic rings. The number of nitrogens with one attached hydrogen (secondary N) is 3. The summed E-state index contributed by atoms with van der Waals surface area (Å²) < 4.78 is 62.1. The highest BCUT2D eigenvalue weighted by atomic mass is 35.5. The summed E-state index contributed by atoms with van der Waals surface area (Å²) >= 11 is 6.55. The zero-order valence-electron chi connectivity index (χ0n) is 24.8. The van der Waals surface area contributed by atoms with E-state index >= 15 is 0 Å². The smallest absolute Gasteiger partial charge is 0.408 e. The first-order chi connectivity index (χ1) is 21.0. The number of rotatable bonds is 7. The summed E-state index contributed by atoms with van der Waals surface area (Å²) in [5, 5.41) is 7.63. The Morgan fingerprint density at radius 2 is 1.78 bits per heavy atom. The van der Waals surface area contributed by atoms with E-state index in [1.807, 2.05) is 0 Å². The van der Waals surface area contributed by atoms with Gasteiger partial charge in [-0.25, -0.2) is 27.0 Å². The molecule has 15 heteroatoms. The second kappa shape index (κ2) is 11.7. The number of carbonyl (C=O) groups excluding carboxylic acids is 1. The molecule has 5 rings (SSSR count). The highest BCUT2D eigenvalue weighted by molar-refractivity contribution is 7.92. The average molecular weight is 659 g/mol. The number of sulfonamides is 1. The summed E-state index contributed by atoms with van der Waals surface area (Å²) in [6.45, 7) is 5.07. The summed E-state index contributed by atoms with van der Waals surface area (Å²) in [5.74, 6) is -1.61. The minimum absolute atomic E-state index is 0.00998. The third-order valence-electron chi connectivity index (χ3n) is 6.62. The van der Waals surface area contributed by atoms with Crippen LogP contribution < -0.4 is 15.6 Å². The van der Waals surface area contributed by atoms with Crippen LogP contribution in [0.15, 0.2) is 53.3 Å². The number of fused-ring (bicyclic) bond motifs is 2. The van der Waals surface area contributed by atoms with Crippen molar-refractivity contribution in [2.45, 2.75) is 38.8 Å². The van der Waals surface area contributed by atoms with Crippen molar-refractivity contribution in [3.05, 3.63) is 86.8 Å². The molecule has 0 aliphatic heterocycles. The maximum Gasteiger partial charge on any atom is 0.408 e. The molecular weight excluding hydrogens is 630 g/mol. The van der Waals surface area contributed by atoms with Gasteiger partial charge in [0.25, 0.3) is 0 Å². The second-order valence-electron chi connectivity index (χ2n) is 11.5. The SMILES string of the molecule is Cn1nc(NS(C)(=O)=O)c2c(Cl)ccc(-c3cc4[nH]c(=O)ccc4nc3C(Cc3cc(F)cc(F)c3)NC(=O)OC(C)(C)C)c21. The van der Waals surface area contributed by atoms with Crippen LogP contribution in [0.1, 0.15) is 38.1 Å². The first kappa shape index (κ1) is 31.9. The maximum absolute atomic E-state index is 14.3. The van der Waals surface area contributed by atoms with Crippen LogP contribution in [0.4, 0.5) is 19.4 Å². The first-order valence-corrected chi connectivity index (χ1v) is 15.9. The largest absolute Gasteiger partial charge is 0.444 e. The molecule has 1 unspecified atom stereocenters. The van der Waals surface area contributed by atoms with Crippen LogP contribution in [0.25, 0.3) is 33.1 Å². The molecule has 236 valence electrons. The van der Waals surface area contributed by atoms with Crippen molar-refractivity contribution in [3.8, 4) is 11.1 Å². The van der Waals surface area contributed by atoms with Gasteiger partial charge in [-0.3, -0.25) is 14.2 Å². The molecule has 3 N–H and O–H groups in total. The number of amides is 1. The maximum atomic E-state index is 14.3. The lowest BCUT2D eigenvalue weighted by molar-refractivity contribution is 0.0502. The molecule has 3 heterocycles. The predicted octanol–water partition coefficient (Wildman–Crippen LogP) is 5.59. The Kier molecular flexibility index (Phi) is 8.31. The van der Waals surface area contributed by atoms with E-state index in [9.17, 15) is 26.8 Å². The number of alkyl carbamates (subject to hydrolysis) is 1.